The van der Waals surface area contributed by atoms with Crippen LogP contribution >= 0.6 is 0 Å². The molecule has 2 rings (SSSR count). The Hall–Kier alpha value is -0.930. The van der Waals surface area contributed by atoms with Gasteiger partial charge in [-0.25, -0.2) is 8.78 Å². The summed E-state index contributed by atoms with van der Waals surface area (Å²) in [5.41, 5.74) is 1.57. The van der Waals surface area contributed by atoms with Gasteiger partial charge in [-0.2, -0.15) is 5.10 Å². The Kier molecular flexibility index (Phi) is 1.68. The summed E-state index contributed by atoms with van der Waals surface area (Å²) in [6, 6.07) is 1.78. The van der Waals surface area contributed by atoms with Crippen molar-refractivity contribution in [3.63, 3.8) is 0 Å². The third-order valence-electron chi connectivity index (χ3n) is 2.29. The molecule has 0 amide bonds. The predicted octanol–water partition coefficient (Wildman–Crippen LogP) is 2.20. The molecule has 0 aliphatic carbocycles. The van der Waals surface area contributed by atoms with Crippen molar-refractivity contribution in [1.29, 1.82) is 0 Å². The molecule has 0 fully saturated rings. The molecule has 0 saturated carbocycles. The summed E-state index contributed by atoms with van der Waals surface area (Å²) in [6.45, 7) is 3.77. The van der Waals surface area contributed by atoms with Crippen LogP contribution in [-0.2, 0) is 13.0 Å². The van der Waals surface area contributed by atoms with Crippen LogP contribution in [0.1, 0.15) is 31.2 Å². The molecular weight excluding hydrogens is 174 g/mol. The quantitative estimate of drug-likeness (QED) is 0.657. The van der Waals surface area contributed by atoms with Gasteiger partial charge in [-0.1, -0.05) is 13.8 Å². The van der Waals surface area contributed by atoms with Crippen molar-refractivity contribution < 1.29 is 8.78 Å². The summed E-state index contributed by atoms with van der Waals surface area (Å²) < 4.78 is 27.1. The molecule has 13 heavy (non-hydrogen) atoms. The molecule has 0 atom stereocenters. The van der Waals surface area contributed by atoms with Gasteiger partial charge in [-0.05, 0) is 12.0 Å². The zero-order valence-electron chi connectivity index (χ0n) is 7.72. The van der Waals surface area contributed by atoms with Gasteiger partial charge in [0, 0.05) is 5.69 Å². The standard InChI is InChI=1S/C9H12F2N2/c1-6(2)8-3-7-4-9(10,11)5-13(7)12-8/h3,6H,4-5H2,1-2H3. The maximum atomic E-state index is 12.8. The zero-order valence-corrected chi connectivity index (χ0v) is 7.72. The highest BCUT2D eigenvalue weighted by Crippen LogP contribution is 2.30. The Morgan fingerprint density at radius 3 is 2.77 bits per heavy atom. The van der Waals surface area contributed by atoms with Crippen molar-refractivity contribution in [3.05, 3.63) is 17.5 Å². The van der Waals surface area contributed by atoms with E-state index >= 15 is 0 Å². The second-order valence-corrected chi connectivity index (χ2v) is 3.91. The van der Waals surface area contributed by atoms with E-state index in [1.807, 2.05) is 13.8 Å². The van der Waals surface area contributed by atoms with Crippen molar-refractivity contribution in [2.45, 2.75) is 38.7 Å². The zero-order chi connectivity index (χ0) is 9.64. The van der Waals surface area contributed by atoms with Crippen molar-refractivity contribution in [2.75, 3.05) is 0 Å². The van der Waals surface area contributed by atoms with Crippen molar-refractivity contribution in [3.8, 4) is 0 Å². The minimum absolute atomic E-state index is 0.160. The molecule has 2 heterocycles. The average Bonchev–Trinajstić information content (AvgIpc) is 2.39. The minimum atomic E-state index is -2.59. The van der Waals surface area contributed by atoms with Crippen LogP contribution in [0.5, 0.6) is 0 Å². The highest BCUT2D eigenvalue weighted by molar-refractivity contribution is 5.18. The van der Waals surface area contributed by atoms with Crippen LogP contribution in [0.25, 0.3) is 0 Å². The van der Waals surface area contributed by atoms with Crippen LogP contribution in [0.3, 0.4) is 0 Å². The van der Waals surface area contributed by atoms with E-state index in [-0.39, 0.29) is 13.0 Å². The molecule has 0 saturated heterocycles. The molecule has 0 spiro atoms. The van der Waals surface area contributed by atoms with Gasteiger partial charge >= 0.3 is 0 Å². The first-order valence-electron chi connectivity index (χ1n) is 4.42. The molecule has 4 heteroatoms. The monoisotopic (exact) mass is 186 g/mol. The maximum Gasteiger partial charge on any atom is 0.272 e. The number of hydrogen-bond donors (Lipinski definition) is 0. The van der Waals surface area contributed by atoms with Crippen LogP contribution in [0.2, 0.25) is 0 Å². The van der Waals surface area contributed by atoms with Gasteiger partial charge in [0.1, 0.15) is 6.54 Å². The van der Waals surface area contributed by atoms with Gasteiger partial charge in [0.05, 0.1) is 12.1 Å². The Morgan fingerprint density at radius 1 is 1.54 bits per heavy atom. The summed E-state index contributed by atoms with van der Waals surface area (Å²) in [6.07, 6.45) is -0.160. The molecule has 1 aliphatic rings. The lowest BCUT2D eigenvalue weighted by Crippen LogP contribution is -2.17. The lowest BCUT2D eigenvalue weighted by atomic mass is 10.1. The molecule has 2 nitrogen and oxygen atoms in total. The summed E-state index contributed by atoms with van der Waals surface area (Å²) in [7, 11) is 0. The first-order valence-corrected chi connectivity index (χ1v) is 4.42. The number of fused-ring (bicyclic) bond motifs is 1. The average molecular weight is 186 g/mol. The topological polar surface area (TPSA) is 17.8 Å². The SMILES string of the molecule is CC(C)c1cc2n(n1)CC(F)(F)C2. The van der Waals surface area contributed by atoms with Gasteiger partial charge in [-0.3, -0.25) is 4.68 Å². The number of alkyl halides is 2. The Bertz CT molecular complexity index is 303. The smallest absolute Gasteiger partial charge is 0.263 e. The van der Waals surface area contributed by atoms with Gasteiger partial charge in [-0.15, -0.1) is 0 Å². The van der Waals surface area contributed by atoms with E-state index in [1.54, 1.807) is 6.07 Å². The molecule has 72 valence electrons. The van der Waals surface area contributed by atoms with Crippen LogP contribution < -0.4 is 0 Å². The van der Waals surface area contributed by atoms with E-state index in [4.69, 9.17) is 0 Å². The summed E-state index contributed by atoms with van der Waals surface area (Å²) in [4.78, 5) is 0. The van der Waals surface area contributed by atoms with Crippen LogP contribution in [-0.4, -0.2) is 15.7 Å². The highest BCUT2D eigenvalue weighted by atomic mass is 19.3. The van der Waals surface area contributed by atoms with E-state index in [0.29, 0.717) is 11.6 Å². The summed E-state index contributed by atoms with van der Waals surface area (Å²) in [5, 5.41) is 4.12. The van der Waals surface area contributed by atoms with Gasteiger partial charge in [0.25, 0.3) is 5.92 Å². The molecule has 1 aromatic rings. The molecule has 0 N–H and O–H groups in total. The highest BCUT2D eigenvalue weighted by Gasteiger charge is 2.38. The van der Waals surface area contributed by atoms with E-state index in [2.05, 4.69) is 5.10 Å². The normalized spacial score (nSPS) is 19.5. The number of hydrogen-bond acceptors (Lipinski definition) is 1. The second kappa shape index (κ2) is 2.53. The van der Waals surface area contributed by atoms with Crippen molar-refractivity contribution in [2.24, 2.45) is 0 Å². The summed E-state index contributed by atoms with van der Waals surface area (Å²) in [5.74, 6) is -2.27. The van der Waals surface area contributed by atoms with E-state index in [1.165, 1.54) is 4.68 Å². The van der Waals surface area contributed by atoms with Crippen molar-refractivity contribution >= 4 is 0 Å². The maximum absolute atomic E-state index is 12.8. The predicted molar refractivity (Wildman–Crippen MR) is 45.0 cm³/mol. The lowest BCUT2D eigenvalue weighted by molar-refractivity contribution is 0.000845. The first-order chi connectivity index (χ1) is 5.98. The van der Waals surface area contributed by atoms with E-state index in [9.17, 15) is 8.78 Å². The largest absolute Gasteiger partial charge is 0.272 e. The third kappa shape index (κ3) is 1.45. The number of rotatable bonds is 1. The summed E-state index contributed by atoms with van der Waals surface area (Å²) >= 11 is 0. The third-order valence-corrected chi connectivity index (χ3v) is 2.29. The molecule has 0 unspecified atom stereocenters. The fraction of sp³-hybridized carbons (Fsp3) is 0.667. The molecule has 1 aliphatic heterocycles. The minimum Gasteiger partial charge on any atom is -0.263 e. The Balaban J connectivity index is 2.29. The fourth-order valence-corrected chi connectivity index (χ4v) is 1.58. The number of nitrogens with zero attached hydrogens (tertiary/aromatic N) is 2. The number of aromatic nitrogens is 2. The van der Waals surface area contributed by atoms with Gasteiger partial charge < -0.3 is 0 Å². The van der Waals surface area contributed by atoms with E-state index < -0.39 is 5.92 Å². The molecular formula is C9H12F2N2. The molecule has 1 aromatic heterocycles. The van der Waals surface area contributed by atoms with Gasteiger partial charge in [0.2, 0.25) is 0 Å². The molecule has 0 aromatic carbocycles. The van der Waals surface area contributed by atoms with Crippen LogP contribution in [0.15, 0.2) is 6.07 Å². The first kappa shape index (κ1) is 8.66. The molecule has 0 radical (unpaired) electrons. The number of halogens is 2. The second-order valence-electron chi connectivity index (χ2n) is 3.91. The van der Waals surface area contributed by atoms with E-state index in [0.717, 1.165) is 5.69 Å². The van der Waals surface area contributed by atoms with Gasteiger partial charge in [0.15, 0.2) is 0 Å². The Labute approximate surface area is 75.6 Å². The van der Waals surface area contributed by atoms with Crippen LogP contribution in [0, 0.1) is 0 Å². The lowest BCUT2D eigenvalue weighted by Gasteiger charge is -2.06. The van der Waals surface area contributed by atoms with Crippen LogP contribution in [0.4, 0.5) is 8.78 Å². The Morgan fingerprint density at radius 2 is 2.23 bits per heavy atom. The fourth-order valence-electron chi connectivity index (χ4n) is 1.58. The van der Waals surface area contributed by atoms with Crippen molar-refractivity contribution in [1.82, 2.24) is 9.78 Å². The molecule has 0 bridgehead atoms.